The van der Waals surface area contributed by atoms with Crippen LogP contribution in [0.2, 0.25) is 0 Å². The van der Waals surface area contributed by atoms with Crippen molar-refractivity contribution in [1.29, 1.82) is 0 Å². The molecule has 3 unspecified atom stereocenters. The second kappa shape index (κ2) is 6.44. The highest BCUT2D eigenvalue weighted by Crippen LogP contribution is 2.06. The zero-order chi connectivity index (χ0) is 9.56. The Bertz CT molecular complexity index is 104. The summed E-state index contributed by atoms with van der Waals surface area (Å²) in [5.74, 6) is 0.721. The first-order valence-electron chi connectivity index (χ1n) is 4.99. The Kier molecular flexibility index (Phi) is 6.39. The molecule has 0 rings (SSSR count). The molecule has 3 atom stereocenters. The van der Waals surface area contributed by atoms with Crippen molar-refractivity contribution in [2.75, 3.05) is 6.54 Å². The quantitative estimate of drug-likeness (QED) is 0.641. The molecule has 0 radical (unpaired) electrons. The lowest BCUT2D eigenvalue weighted by Crippen LogP contribution is -2.33. The van der Waals surface area contributed by atoms with E-state index in [-0.39, 0.29) is 6.10 Å². The average Bonchev–Trinajstić information content (AvgIpc) is 2.02. The van der Waals surface area contributed by atoms with E-state index in [1.807, 2.05) is 6.92 Å². The molecule has 0 fully saturated rings. The van der Waals surface area contributed by atoms with Crippen LogP contribution in [0.5, 0.6) is 0 Å². The fraction of sp³-hybridized carbons (Fsp3) is 1.00. The topological polar surface area (TPSA) is 32.3 Å². The molecule has 0 bridgehead atoms. The van der Waals surface area contributed by atoms with E-state index in [1.54, 1.807) is 0 Å². The maximum absolute atomic E-state index is 9.02. The molecule has 0 aliphatic carbocycles. The molecule has 12 heavy (non-hydrogen) atoms. The van der Waals surface area contributed by atoms with Crippen LogP contribution >= 0.6 is 0 Å². The van der Waals surface area contributed by atoms with Crippen LogP contribution < -0.4 is 5.32 Å². The van der Waals surface area contributed by atoms with Gasteiger partial charge in [-0.25, -0.2) is 0 Å². The zero-order valence-corrected chi connectivity index (χ0v) is 8.80. The maximum Gasteiger partial charge on any atom is 0.0524 e. The highest BCUT2D eigenvalue weighted by molar-refractivity contribution is 4.67. The lowest BCUT2D eigenvalue weighted by atomic mass is 10.0. The minimum Gasteiger partial charge on any atom is -0.393 e. The van der Waals surface area contributed by atoms with Crippen LogP contribution in [-0.2, 0) is 0 Å². The van der Waals surface area contributed by atoms with Crippen LogP contribution in [0.3, 0.4) is 0 Å². The van der Waals surface area contributed by atoms with Gasteiger partial charge in [0.05, 0.1) is 6.10 Å². The monoisotopic (exact) mass is 173 g/mol. The third-order valence-electron chi connectivity index (χ3n) is 2.53. The Balaban J connectivity index is 3.37. The highest BCUT2D eigenvalue weighted by atomic mass is 16.3. The van der Waals surface area contributed by atoms with Crippen molar-refractivity contribution in [2.45, 2.75) is 52.7 Å². The van der Waals surface area contributed by atoms with Gasteiger partial charge in [0.2, 0.25) is 0 Å². The van der Waals surface area contributed by atoms with Crippen molar-refractivity contribution >= 4 is 0 Å². The van der Waals surface area contributed by atoms with Gasteiger partial charge < -0.3 is 10.4 Å². The second-order valence-electron chi connectivity index (χ2n) is 3.77. The first-order chi connectivity index (χ1) is 5.57. The molecule has 74 valence electrons. The predicted molar refractivity (Wildman–Crippen MR) is 53.2 cm³/mol. The summed E-state index contributed by atoms with van der Waals surface area (Å²) in [5, 5.41) is 12.4. The van der Waals surface area contributed by atoms with Crippen LogP contribution in [0.4, 0.5) is 0 Å². The van der Waals surface area contributed by atoms with Gasteiger partial charge in [-0.1, -0.05) is 20.3 Å². The smallest absolute Gasteiger partial charge is 0.0524 e. The van der Waals surface area contributed by atoms with Crippen LogP contribution in [-0.4, -0.2) is 23.8 Å². The fourth-order valence-corrected chi connectivity index (χ4v) is 1.07. The van der Waals surface area contributed by atoms with Gasteiger partial charge in [-0.3, -0.25) is 0 Å². The Morgan fingerprint density at radius 3 is 2.25 bits per heavy atom. The maximum atomic E-state index is 9.02. The van der Waals surface area contributed by atoms with E-state index in [4.69, 9.17) is 5.11 Å². The fourth-order valence-electron chi connectivity index (χ4n) is 1.07. The summed E-state index contributed by atoms with van der Waals surface area (Å²) in [6.45, 7) is 9.41. The van der Waals surface area contributed by atoms with Crippen molar-refractivity contribution in [2.24, 2.45) is 5.92 Å². The largest absolute Gasteiger partial charge is 0.393 e. The summed E-state index contributed by atoms with van der Waals surface area (Å²) in [7, 11) is 0. The number of aliphatic hydroxyl groups is 1. The molecule has 0 aliphatic heterocycles. The molecule has 0 amide bonds. The van der Waals surface area contributed by atoms with E-state index < -0.39 is 0 Å². The third kappa shape index (κ3) is 5.56. The number of hydrogen-bond donors (Lipinski definition) is 2. The van der Waals surface area contributed by atoms with Gasteiger partial charge in [0.15, 0.2) is 0 Å². The lowest BCUT2D eigenvalue weighted by molar-refractivity contribution is 0.181. The van der Waals surface area contributed by atoms with E-state index in [1.165, 1.54) is 6.42 Å². The van der Waals surface area contributed by atoms with Gasteiger partial charge in [0, 0.05) is 6.04 Å². The van der Waals surface area contributed by atoms with E-state index in [9.17, 15) is 0 Å². The molecule has 0 aromatic rings. The molecule has 2 N–H and O–H groups in total. The molecule has 0 heterocycles. The first kappa shape index (κ1) is 11.9. The number of nitrogens with one attached hydrogen (secondary N) is 1. The zero-order valence-electron chi connectivity index (χ0n) is 8.80. The van der Waals surface area contributed by atoms with Crippen molar-refractivity contribution in [3.63, 3.8) is 0 Å². The molecule has 0 aliphatic rings. The van der Waals surface area contributed by atoms with E-state index in [0.29, 0.717) is 6.04 Å². The summed E-state index contributed by atoms with van der Waals surface area (Å²) in [4.78, 5) is 0. The Hall–Kier alpha value is -0.0800. The Morgan fingerprint density at radius 1 is 1.25 bits per heavy atom. The average molecular weight is 173 g/mol. The van der Waals surface area contributed by atoms with Gasteiger partial charge >= 0.3 is 0 Å². The Labute approximate surface area is 76.4 Å². The minimum absolute atomic E-state index is 0.179. The van der Waals surface area contributed by atoms with Gasteiger partial charge in [-0.2, -0.15) is 0 Å². The molecule has 2 heteroatoms. The van der Waals surface area contributed by atoms with Gasteiger partial charge in [-0.05, 0) is 32.7 Å². The summed E-state index contributed by atoms with van der Waals surface area (Å²) in [6, 6.07) is 0.564. The summed E-state index contributed by atoms with van der Waals surface area (Å²) in [6.07, 6.45) is 1.88. The third-order valence-corrected chi connectivity index (χ3v) is 2.53. The van der Waals surface area contributed by atoms with Crippen LogP contribution in [0.1, 0.15) is 40.5 Å². The minimum atomic E-state index is -0.179. The van der Waals surface area contributed by atoms with Crippen LogP contribution in [0, 0.1) is 5.92 Å². The molecular formula is C10H23NO. The second-order valence-corrected chi connectivity index (χ2v) is 3.77. The first-order valence-corrected chi connectivity index (χ1v) is 4.99. The lowest BCUT2D eigenvalue weighted by Gasteiger charge is -2.20. The van der Waals surface area contributed by atoms with E-state index in [2.05, 4.69) is 26.1 Å². The molecular weight excluding hydrogens is 150 g/mol. The molecule has 0 aromatic heterocycles. The molecule has 0 spiro atoms. The van der Waals surface area contributed by atoms with E-state index >= 15 is 0 Å². The van der Waals surface area contributed by atoms with Crippen molar-refractivity contribution in [3.05, 3.63) is 0 Å². The molecule has 0 saturated carbocycles. The van der Waals surface area contributed by atoms with Gasteiger partial charge in [0.25, 0.3) is 0 Å². The summed E-state index contributed by atoms with van der Waals surface area (Å²) >= 11 is 0. The normalized spacial score (nSPS) is 18.8. The van der Waals surface area contributed by atoms with Gasteiger partial charge in [-0.15, -0.1) is 0 Å². The number of hydrogen-bond acceptors (Lipinski definition) is 2. The van der Waals surface area contributed by atoms with Crippen LogP contribution in [0.25, 0.3) is 0 Å². The van der Waals surface area contributed by atoms with E-state index in [0.717, 1.165) is 18.9 Å². The highest BCUT2D eigenvalue weighted by Gasteiger charge is 2.08. The summed E-state index contributed by atoms with van der Waals surface area (Å²) in [5.41, 5.74) is 0. The molecule has 2 nitrogen and oxygen atoms in total. The molecule has 0 saturated heterocycles. The predicted octanol–water partition coefficient (Wildman–Crippen LogP) is 1.78. The van der Waals surface area contributed by atoms with Gasteiger partial charge in [0.1, 0.15) is 0 Å². The van der Waals surface area contributed by atoms with Crippen LogP contribution in [0.15, 0.2) is 0 Å². The summed E-state index contributed by atoms with van der Waals surface area (Å²) < 4.78 is 0. The SMILES string of the molecule is CCC(C)C(C)NCCC(C)O. The number of aliphatic hydroxyl groups excluding tert-OH is 1. The van der Waals surface area contributed by atoms with Crippen molar-refractivity contribution < 1.29 is 5.11 Å². The standard InChI is InChI=1S/C10H23NO/c1-5-8(2)10(4)11-7-6-9(3)12/h8-12H,5-7H2,1-4H3. The van der Waals surface area contributed by atoms with Crippen molar-refractivity contribution in [3.8, 4) is 0 Å². The Morgan fingerprint density at radius 2 is 1.83 bits per heavy atom. The molecule has 0 aromatic carbocycles. The number of rotatable bonds is 6. The van der Waals surface area contributed by atoms with Crippen molar-refractivity contribution in [1.82, 2.24) is 5.32 Å².